The minimum absolute atomic E-state index is 0.103. The SMILES string of the molecule is C[C@@H](O)c1cc(F)ccc1C1NN(C)C=C1Cc1cc(CC2CC2)n(C)n1. The normalized spacial score (nSPS) is 20.9. The van der Waals surface area contributed by atoms with Gasteiger partial charge in [0.25, 0.3) is 0 Å². The van der Waals surface area contributed by atoms with Gasteiger partial charge in [0.05, 0.1) is 17.8 Å². The summed E-state index contributed by atoms with van der Waals surface area (Å²) in [6, 6.07) is 6.74. The predicted molar refractivity (Wildman–Crippen MR) is 102 cm³/mol. The first-order valence-electron chi connectivity index (χ1n) is 9.59. The number of hydrogen-bond donors (Lipinski definition) is 2. The van der Waals surface area contributed by atoms with Gasteiger partial charge in [0.1, 0.15) is 5.82 Å². The molecule has 1 unspecified atom stereocenters. The number of hydrogen-bond acceptors (Lipinski definition) is 4. The molecular formula is C21H27FN4O. The molecule has 1 saturated carbocycles. The van der Waals surface area contributed by atoms with E-state index in [0.29, 0.717) is 5.56 Å². The maximum absolute atomic E-state index is 13.7. The maximum atomic E-state index is 13.7. The number of aliphatic hydroxyl groups excluding tert-OH is 1. The standard InChI is InChI=1S/C21H27FN4O/c1-13(27)20-10-16(22)6-7-19(20)21-15(12-25(2)24-21)9-17-11-18(26(3)23-17)8-14-4-5-14/h6-7,10-14,21,24,27H,4-5,8-9H2,1-3H3/t13-,21?/m1/s1. The van der Waals surface area contributed by atoms with Crippen LogP contribution in [0, 0.1) is 11.7 Å². The van der Waals surface area contributed by atoms with E-state index in [1.165, 1.54) is 30.7 Å². The molecule has 0 spiro atoms. The second kappa shape index (κ2) is 7.09. The van der Waals surface area contributed by atoms with Crippen LogP contribution in [0.1, 0.15) is 54.4 Å². The lowest BCUT2D eigenvalue weighted by Crippen LogP contribution is -2.28. The second-order valence-corrected chi connectivity index (χ2v) is 7.90. The number of benzene rings is 1. The Morgan fingerprint density at radius 1 is 1.30 bits per heavy atom. The quantitative estimate of drug-likeness (QED) is 0.820. The van der Waals surface area contributed by atoms with E-state index in [2.05, 4.69) is 17.7 Å². The van der Waals surface area contributed by atoms with Crippen molar-refractivity contribution in [2.75, 3.05) is 7.05 Å². The summed E-state index contributed by atoms with van der Waals surface area (Å²) in [5.41, 5.74) is 8.39. The molecule has 1 aliphatic carbocycles. The zero-order chi connectivity index (χ0) is 19.1. The van der Waals surface area contributed by atoms with Crippen LogP contribution in [0.15, 0.2) is 36.0 Å². The summed E-state index contributed by atoms with van der Waals surface area (Å²) in [4.78, 5) is 0. The van der Waals surface area contributed by atoms with Crippen LogP contribution in [0.3, 0.4) is 0 Å². The van der Waals surface area contributed by atoms with Crippen LogP contribution in [0.2, 0.25) is 0 Å². The van der Waals surface area contributed by atoms with Gasteiger partial charge in [-0.05, 0) is 67.0 Å². The van der Waals surface area contributed by atoms with Crippen LogP contribution in [-0.4, -0.2) is 26.9 Å². The van der Waals surface area contributed by atoms with Gasteiger partial charge in [-0.3, -0.25) is 4.68 Å². The summed E-state index contributed by atoms with van der Waals surface area (Å²) in [5, 5.41) is 16.7. The molecule has 6 heteroatoms. The summed E-state index contributed by atoms with van der Waals surface area (Å²) in [7, 11) is 3.96. The van der Waals surface area contributed by atoms with E-state index >= 15 is 0 Å². The molecule has 4 rings (SSSR count). The molecule has 0 amide bonds. The topological polar surface area (TPSA) is 53.3 Å². The number of rotatable bonds is 6. The number of halogens is 1. The number of aryl methyl sites for hydroxylation is 1. The predicted octanol–water partition coefficient (Wildman–Crippen LogP) is 3.18. The Bertz CT molecular complexity index is 869. The molecule has 1 aliphatic heterocycles. The molecule has 0 radical (unpaired) electrons. The summed E-state index contributed by atoms with van der Waals surface area (Å²) in [6.07, 6.45) is 5.81. The van der Waals surface area contributed by atoms with Crippen molar-refractivity contribution in [3.63, 3.8) is 0 Å². The first kappa shape index (κ1) is 18.2. The van der Waals surface area contributed by atoms with E-state index in [4.69, 9.17) is 5.10 Å². The Morgan fingerprint density at radius 2 is 2.07 bits per heavy atom. The molecule has 1 aromatic carbocycles. The van der Waals surface area contributed by atoms with E-state index in [1.54, 1.807) is 13.0 Å². The smallest absolute Gasteiger partial charge is 0.123 e. The molecule has 2 atom stereocenters. The lowest BCUT2D eigenvalue weighted by atomic mass is 9.91. The van der Waals surface area contributed by atoms with E-state index in [9.17, 15) is 9.50 Å². The van der Waals surface area contributed by atoms with Crippen molar-refractivity contribution < 1.29 is 9.50 Å². The van der Waals surface area contributed by atoms with Crippen molar-refractivity contribution in [1.82, 2.24) is 20.2 Å². The lowest BCUT2D eigenvalue weighted by molar-refractivity contribution is 0.196. The van der Waals surface area contributed by atoms with Crippen LogP contribution >= 0.6 is 0 Å². The third-order valence-electron chi connectivity index (χ3n) is 5.48. The summed E-state index contributed by atoms with van der Waals surface area (Å²) in [5.74, 6) is 0.494. The van der Waals surface area contributed by atoms with Crippen LogP contribution in [0.4, 0.5) is 4.39 Å². The fourth-order valence-electron chi connectivity index (χ4n) is 3.91. The van der Waals surface area contributed by atoms with Crippen molar-refractivity contribution in [2.24, 2.45) is 13.0 Å². The lowest BCUT2D eigenvalue weighted by Gasteiger charge is -2.22. The Kier molecular flexibility index (Phi) is 4.78. The molecule has 144 valence electrons. The van der Waals surface area contributed by atoms with Crippen LogP contribution in [0.25, 0.3) is 0 Å². The minimum Gasteiger partial charge on any atom is -0.389 e. The van der Waals surface area contributed by atoms with Crippen molar-refractivity contribution in [3.05, 3.63) is 64.4 Å². The zero-order valence-corrected chi connectivity index (χ0v) is 16.1. The van der Waals surface area contributed by atoms with E-state index in [0.717, 1.165) is 35.6 Å². The molecule has 2 aliphatic rings. The van der Waals surface area contributed by atoms with Crippen molar-refractivity contribution in [2.45, 2.75) is 44.8 Å². The molecule has 0 bridgehead atoms. The average Bonchev–Trinajstić information content (AvgIpc) is 3.26. The fraction of sp³-hybridized carbons (Fsp3) is 0.476. The zero-order valence-electron chi connectivity index (χ0n) is 16.1. The van der Waals surface area contributed by atoms with Crippen molar-refractivity contribution >= 4 is 0 Å². The molecule has 5 nitrogen and oxygen atoms in total. The molecule has 27 heavy (non-hydrogen) atoms. The van der Waals surface area contributed by atoms with Gasteiger partial charge in [-0.15, -0.1) is 0 Å². The highest BCUT2D eigenvalue weighted by atomic mass is 19.1. The summed E-state index contributed by atoms with van der Waals surface area (Å²) < 4.78 is 15.7. The average molecular weight is 370 g/mol. The van der Waals surface area contributed by atoms with E-state index < -0.39 is 6.10 Å². The van der Waals surface area contributed by atoms with Gasteiger partial charge in [0.15, 0.2) is 0 Å². The van der Waals surface area contributed by atoms with Crippen molar-refractivity contribution in [3.8, 4) is 0 Å². The van der Waals surface area contributed by atoms with E-state index in [1.807, 2.05) is 23.8 Å². The Hall–Kier alpha value is -2.18. The molecule has 2 N–H and O–H groups in total. The highest BCUT2D eigenvalue weighted by Gasteiger charge is 2.28. The number of nitrogens with one attached hydrogen (secondary N) is 1. The van der Waals surface area contributed by atoms with Gasteiger partial charge in [0.2, 0.25) is 0 Å². The van der Waals surface area contributed by atoms with Gasteiger partial charge in [-0.25, -0.2) is 9.82 Å². The van der Waals surface area contributed by atoms with Gasteiger partial charge in [-0.2, -0.15) is 5.10 Å². The highest BCUT2D eigenvalue weighted by molar-refractivity contribution is 5.39. The number of aliphatic hydroxyl groups is 1. The second-order valence-electron chi connectivity index (χ2n) is 7.90. The number of nitrogens with zero attached hydrogens (tertiary/aromatic N) is 3. The van der Waals surface area contributed by atoms with Crippen LogP contribution in [0.5, 0.6) is 0 Å². The molecular weight excluding hydrogens is 343 g/mol. The van der Waals surface area contributed by atoms with Crippen LogP contribution in [-0.2, 0) is 19.9 Å². The van der Waals surface area contributed by atoms with Gasteiger partial charge >= 0.3 is 0 Å². The van der Waals surface area contributed by atoms with Crippen molar-refractivity contribution in [1.29, 1.82) is 0 Å². The third kappa shape index (κ3) is 3.92. The minimum atomic E-state index is -0.732. The largest absolute Gasteiger partial charge is 0.389 e. The summed E-state index contributed by atoms with van der Waals surface area (Å²) >= 11 is 0. The van der Waals surface area contributed by atoms with E-state index in [-0.39, 0.29) is 11.9 Å². The van der Waals surface area contributed by atoms with Crippen LogP contribution < -0.4 is 5.43 Å². The first-order valence-corrected chi connectivity index (χ1v) is 9.59. The fourth-order valence-corrected chi connectivity index (χ4v) is 3.91. The van der Waals surface area contributed by atoms with Gasteiger partial charge < -0.3 is 10.1 Å². The number of hydrazine groups is 1. The Morgan fingerprint density at radius 3 is 2.78 bits per heavy atom. The molecule has 1 fully saturated rings. The molecule has 0 saturated heterocycles. The third-order valence-corrected chi connectivity index (χ3v) is 5.48. The number of aromatic nitrogens is 2. The summed E-state index contributed by atoms with van der Waals surface area (Å²) in [6.45, 7) is 1.67. The van der Waals surface area contributed by atoms with Gasteiger partial charge in [0, 0.05) is 32.4 Å². The molecule has 2 aromatic rings. The Labute approximate surface area is 159 Å². The molecule has 1 aromatic heterocycles. The highest BCUT2D eigenvalue weighted by Crippen LogP contribution is 2.35. The molecule has 2 heterocycles. The maximum Gasteiger partial charge on any atom is 0.123 e. The van der Waals surface area contributed by atoms with Gasteiger partial charge in [-0.1, -0.05) is 6.07 Å². The monoisotopic (exact) mass is 370 g/mol. The Balaban J connectivity index is 1.59. The first-order chi connectivity index (χ1) is 12.9.